The van der Waals surface area contributed by atoms with Gasteiger partial charge in [0.1, 0.15) is 5.75 Å². The number of carbonyl (C=O) groups is 2. The van der Waals surface area contributed by atoms with Crippen LogP contribution in [0.25, 0.3) is 0 Å². The van der Waals surface area contributed by atoms with Crippen LogP contribution in [-0.2, 0) is 4.79 Å². The Labute approximate surface area is 154 Å². The van der Waals surface area contributed by atoms with Crippen molar-refractivity contribution in [2.75, 3.05) is 58.7 Å². The zero-order valence-corrected chi connectivity index (χ0v) is 15.6. The van der Waals surface area contributed by atoms with E-state index in [1.807, 2.05) is 4.90 Å². The van der Waals surface area contributed by atoms with Crippen LogP contribution in [0, 0.1) is 5.92 Å². The quantitative estimate of drug-likeness (QED) is 0.839. The molecule has 1 aromatic rings. The van der Waals surface area contributed by atoms with E-state index in [0.29, 0.717) is 17.0 Å². The van der Waals surface area contributed by atoms with Crippen LogP contribution in [0.4, 0.5) is 5.69 Å². The molecular weight excluding hydrogens is 332 g/mol. The number of anilines is 1. The lowest BCUT2D eigenvalue weighted by Crippen LogP contribution is -2.47. The van der Waals surface area contributed by atoms with E-state index in [9.17, 15) is 9.59 Å². The molecule has 142 valence electrons. The zero-order valence-electron chi connectivity index (χ0n) is 15.6. The third-order valence-corrected chi connectivity index (χ3v) is 5.20. The van der Waals surface area contributed by atoms with Crippen molar-refractivity contribution in [3.63, 3.8) is 0 Å². The molecule has 2 saturated heterocycles. The van der Waals surface area contributed by atoms with E-state index in [0.717, 1.165) is 52.1 Å². The van der Waals surface area contributed by atoms with Gasteiger partial charge >= 0.3 is 0 Å². The van der Waals surface area contributed by atoms with Gasteiger partial charge < -0.3 is 25.2 Å². The molecule has 0 bridgehead atoms. The van der Waals surface area contributed by atoms with E-state index in [1.54, 1.807) is 25.3 Å². The van der Waals surface area contributed by atoms with Crippen LogP contribution in [0.1, 0.15) is 23.2 Å². The minimum Gasteiger partial charge on any atom is -0.495 e. The molecule has 2 N–H and O–H groups in total. The maximum Gasteiger partial charge on any atom is 0.254 e. The fourth-order valence-corrected chi connectivity index (χ4v) is 3.45. The summed E-state index contributed by atoms with van der Waals surface area (Å²) in [4.78, 5) is 29.4. The molecule has 26 heavy (non-hydrogen) atoms. The van der Waals surface area contributed by atoms with E-state index < -0.39 is 0 Å². The van der Waals surface area contributed by atoms with Crippen molar-refractivity contribution in [3.8, 4) is 5.75 Å². The predicted molar refractivity (Wildman–Crippen MR) is 101 cm³/mol. The molecule has 2 heterocycles. The number of nitrogens with zero attached hydrogens (tertiary/aromatic N) is 2. The molecule has 1 aromatic carbocycles. The number of amides is 2. The molecule has 0 spiro atoms. The van der Waals surface area contributed by atoms with Crippen LogP contribution in [-0.4, -0.2) is 75.0 Å². The average molecular weight is 360 g/mol. The Morgan fingerprint density at radius 3 is 2.50 bits per heavy atom. The number of hydrogen-bond acceptors (Lipinski definition) is 5. The first-order chi connectivity index (χ1) is 12.6. The van der Waals surface area contributed by atoms with Crippen molar-refractivity contribution in [2.24, 2.45) is 5.92 Å². The van der Waals surface area contributed by atoms with Crippen LogP contribution in [0.15, 0.2) is 18.2 Å². The second kappa shape index (κ2) is 8.51. The largest absolute Gasteiger partial charge is 0.495 e. The Kier molecular flexibility index (Phi) is 6.11. The Balaban J connectivity index is 1.73. The van der Waals surface area contributed by atoms with E-state index in [4.69, 9.17) is 4.74 Å². The molecule has 0 radical (unpaired) electrons. The van der Waals surface area contributed by atoms with Crippen molar-refractivity contribution in [1.29, 1.82) is 0 Å². The average Bonchev–Trinajstić information content (AvgIpc) is 2.68. The van der Waals surface area contributed by atoms with Crippen LogP contribution >= 0.6 is 0 Å². The second-order valence-corrected chi connectivity index (χ2v) is 7.02. The topological polar surface area (TPSA) is 73.9 Å². The maximum absolute atomic E-state index is 12.8. The highest BCUT2D eigenvalue weighted by Crippen LogP contribution is 2.27. The van der Waals surface area contributed by atoms with Crippen LogP contribution in [0.2, 0.25) is 0 Å². The number of ether oxygens (including phenoxy) is 1. The molecule has 0 aliphatic carbocycles. The first-order valence-corrected chi connectivity index (χ1v) is 9.26. The molecule has 7 nitrogen and oxygen atoms in total. The van der Waals surface area contributed by atoms with Gasteiger partial charge in [0.05, 0.1) is 12.8 Å². The molecule has 0 atom stereocenters. The first-order valence-electron chi connectivity index (χ1n) is 9.26. The van der Waals surface area contributed by atoms with Crippen molar-refractivity contribution in [1.82, 2.24) is 15.1 Å². The summed E-state index contributed by atoms with van der Waals surface area (Å²) >= 11 is 0. The van der Waals surface area contributed by atoms with Gasteiger partial charge in [0.15, 0.2) is 0 Å². The summed E-state index contributed by atoms with van der Waals surface area (Å²) in [7, 11) is 3.63. The minimum absolute atomic E-state index is 0.00174. The summed E-state index contributed by atoms with van der Waals surface area (Å²) in [5.41, 5.74) is 1.15. The van der Waals surface area contributed by atoms with Gasteiger partial charge in [0.2, 0.25) is 5.91 Å². The van der Waals surface area contributed by atoms with Crippen molar-refractivity contribution in [3.05, 3.63) is 23.8 Å². The summed E-state index contributed by atoms with van der Waals surface area (Å²) in [5, 5.41) is 6.23. The first kappa shape index (κ1) is 18.7. The van der Waals surface area contributed by atoms with Gasteiger partial charge in [-0.05, 0) is 51.2 Å². The van der Waals surface area contributed by atoms with Gasteiger partial charge in [-0.3, -0.25) is 9.59 Å². The standard InChI is InChI=1S/C19H28N4O3/c1-22-9-11-23(12-10-22)19(25)15-3-4-17(26-2)16(13-15)21-18(24)14-5-7-20-8-6-14/h3-4,13-14,20H,5-12H2,1-2H3,(H,21,24). The lowest BCUT2D eigenvalue weighted by atomic mass is 9.97. The Bertz CT molecular complexity index is 650. The Morgan fingerprint density at radius 2 is 1.85 bits per heavy atom. The molecule has 2 fully saturated rings. The van der Waals surface area contributed by atoms with Gasteiger partial charge in [-0.25, -0.2) is 0 Å². The SMILES string of the molecule is COc1ccc(C(=O)N2CCN(C)CC2)cc1NC(=O)C1CCNCC1. The smallest absolute Gasteiger partial charge is 0.254 e. The number of hydrogen-bond donors (Lipinski definition) is 2. The summed E-state index contributed by atoms with van der Waals surface area (Å²) in [6.07, 6.45) is 1.65. The molecule has 0 unspecified atom stereocenters. The number of rotatable bonds is 4. The van der Waals surface area contributed by atoms with Crippen LogP contribution in [0.3, 0.4) is 0 Å². The summed E-state index contributed by atoms with van der Waals surface area (Å²) in [6.45, 7) is 4.91. The molecule has 0 saturated carbocycles. The lowest BCUT2D eigenvalue weighted by Gasteiger charge is -2.32. The monoisotopic (exact) mass is 360 g/mol. The molecule has 2 aliphatic heterocycles. The lowest BCUT2D eigenvalue weighted by molar-refractivity contribution is -0.120. The third kappa shape index (κ3) is 4.34. The van der Waals surface area contributed by atoms with Gasteiger partial charge in [0.25, 0.3) is 5.91 Å². The second-order valence-electron chi connectivity index (χ2n) is 7.02. The number of likely N-dealkylation sites (N-methyl/N-ethyl adjacent to an activating group) is 1. The van der Waals surface area contributed by atoms with Crippen molar-refractivity contribution in [2.45, 2.75) is 12.8 Å². The normalized spacial score (nSPS) is 19.2. The van der Waals surface area contributed by atoms with Crippen LogP contribution in [0.5, 0.6) is 5.75 Å². The van der Waals surface area contributed by atoms with E-state index >= 15 is 0 Å². The van der Waals surface area contributed by atoms with Gasteiger partial charge in [-0.15, -0.1) is 0 Å². The highest BCUT2D eigenvalue weighted by atomic mass is 16.5. The number of nitrogens with one attached hydrogen (secondary N) is 2. The summed E-state index contributed by atoms with van der Waals surface area (Å²) in [6, 6.07) is 5.25. The van der Waals surface area contributed by atoms with Gasteiger partial charge in [-0.2, -0.15) is 0 Å². The predicted octanol–water partition coefficient (Wildman–Crippen LogP) is 1.02. The minimum atomic E-state index is -0.00556. The summed E-state index contributed by atoms with van der Waals surface area (Å²) < 4.78 is 5.37. The molecule has 2 amide bonds. The maximum atomic E-state index is 12.8. The Hall–Kier alpha value is -2.12. The number of benzene rings is 1. The van der Waals surface area contributed by atoms with Crippen LogP contribution < -0.4 is 15.4 Å². The summed E-state index contributed by atoms with van der Waals surface area (Å²) in [5.74, 6) is 0.562. The number of piperidine rings is 1. The highest BCUT2D eigenvalue weighted by molar-refractivity contribution is 5.99. The number of carbonyl (C=O) groups excluding carboxylic acids is 2. The molecular formula is C19H28N4O3. The molecule has 7 heteroatoms. The van der Waals surface area contributed by atoms with E-state index in [-0.39, 0.29) is 17.7 Å². The third-order valence-electron chi connectivity index (χ3n) is 5.20. The van der Waals surface area contributed by atoms with E-state index in [2.05, 4.69) is 22.6 Å². The van der Waals surface area contributed by atoms with E-state index in [1.165, 1.54) is 0 Å². The van der Waals surface area contributed by atoms with Crippen molar-refractivity contribution >= 4 is 17.5 Å². The zero-order chi connectivity index (χ0) is 18.5. The fourth-order valence-electron chi connectivity index (χ4n) is 3.45. The van der Waals surface area contributed by atoms with Gasteiger partial charge in [0, 0.05) is 37.7 Å². The Morgan fingerprint density at radius 1 is 1.15 bits per heavy atom. The molecule has 3 rings (SSSR count). The number of methoxy groups -OCH3 is 1. The fraction of sp³-hybridized carbons (Fsp3) is 0.579. The van der Waals surface area contributed by atoms with Crippen molar-refractivity contribution < 1.29 is 14.3 Å². The molecule has 0 aromatic heterocycles. The molecule has 2 aliphatic rings. The highest BCUT2D eigenvalue weighted by Gasteiger charge is 2.24. The van der Waals surface area contributed by atoms with Gasteiger partial charge in [-0.1, -0.05) is 0 Å². The number of piperazine rings is 1.